The number of carbonyl (C=O) groups is 4. The van der Waals surface area contributed by atoms with E-state index < -0.39 is 28.9 Å². The molecule has 1 aliphatic heterocycles. The van der Waals surface area contributed by atoms with Crippen LogP contribution in [0.15, 0.2) is 24.3 Å². The van der Waals surface area contributed by atoms with E-state index in [0.717, 1.165) is 11.1 Å². The van der Waals surface area contributed by atoms with Crippen LogP contribution in [0.3, 0.4) is 0 Å². The number of hydrogen-bond acceptors (Lipinski definition) is 4. The number of fused-ring (bicyclic) bond motifs is 1. The minimum Gasteiger partial charge on any atom is -0.342 e. The van der Waals surface area contributed by atoms with Crippen LogP contribution in [-0.2, 0) is 25.7 Å². The Labute approximate surface area is 165 Å². The van der Waals surface area contributed by atoms with Crippen molar-refractivity contribution in [3.05, 3.63) is 35.4 Å². The van der Waals surface area contributed by atoms with Crippen molar-refractivity contribution >= 4 is 23.6 Å². The van der Waals surface area contributed by atoms with E-state index in [0.29, 0.717) is 6.54 Å². The van der Waals surface area contributed by atoms with Gasteiger partial charge in [-0.3, -0.25) is 19.2 Å². The van der Waals surface area contributed by atoms with E-state index in [-0.39, 0.29) is 11.8 Å². The van der Waals surface area contributed by atoms with Crippen molar-refractivity contribution < 1.29 is 19.2 Å². The summed E-state index contributed by atoms with van der Waals surface area (Å²) in [6, 6.07) is 6.62. The second-order valence-electron chi connectivity index (χ2n) is 8.18. The molecule has 152 valence electrons. The number of carbonyl (C=O) groups excluding carboxylic acids is 4. The lowest BCUT2D eigenvalue weighted by atomic mass is 9.93. The van der Waals surface area contributed by atoms with Crippen molar-refractivity contribution in [1.29, 1.82) is 0 Å². The molecule has 8 heteroatoms. The monoisotopic (exact) mass is 388 g/mol. The molecule has 2 rings (SSSR count). The van der Waals surface area contributed by atoms with Crippen molar-refractivity contribution in [2.75, 3.05) is 7.05 Å². The first-order valence-corrected chi connectivity index (χ1v) is 9.10. The number of nitrogens with zero attached hydrogens (tertiary/aromatic N) is 1. The van der Waals surface area contributed by atoms with Crippen molar-refractivity contribution in [3.8, 4) is 0 Å². The van der Waals surface area contributed by atoms with Crippen LogP contribution < -0.4 is 16.0 Å². The van der Waals surface area contributed by atoms with Crippen molar-refractivity contribution in [3.63, 3.8) is 0 Å². The second kappa shape index (κ2) is 7.61. The predicted molar refractivity (Wildman–Crippen MR) is 104 cm³/mol. The highest BCUT2D eigenvalue weighted by molar-refractivity contribution is 5.97. The quantitative estimate of drug-likeness (QED) is 0.687. The maximum atomic E-state index is 12.9. The smallest absolute Gasteiger partial charge is 0.249 e. The standard InChI is InChI=1S/C20H28N4O4/c1-12(25)22-20(4,5)18(28)23-19(2,3)17(27)21-15-14-10-8-7-9-13(14)11-24(6)16(15)26/h7-10,15H,11H2,1-6H3,(H,21,27)(H,22,25)(H,23,28). The Morgan fingerprint density at radius 3 is 2.18 bits per heavy atom. The van der Waals surface area contributed by atoms with E-state index in [1.165, 1.54) is 6.92 Å². The molecule has 0 fully saturated rings. The van der Waals surface area contributed by atoms with E-state index in [2.05, 4.69) is 16.0 Å². The molecule has 4 amide bonds. The number of benzene rings is 1. The minimum absolute atomic E-state index is 0.215. The first kappa shape index (κ1) is 21.4. The molecule has 0 spiro atoms. The summed E-state index contributed by atoms with van der Waals surface area (Å²) in [5, 5.41) is 7.96. The van der Waals surface area contributed by atoms with Gasteiger partial charge in [0.25, 0.3) is 0 Å². The topological polar surface area (TPSA) is 108 Å². The van der Waals surface area contributed by atoms with Gasteiger partial charge in [-0.05, 0) is 38.8 Å². The molecule has 1 atom stereocenters. The van der Waals surface area contributed by atoms with Crippen LogP contribution in [0.4, 0.5) is 0 Å². The zero-order chi connectivity index (χ0) is 21.3. The molecule has 1 aromatic carbocycles. The molecule has 0 radical (unpaired) electrons. The molecule has 3 N–H and O–H groups in total. The largest absolute Gasteiger partial charge is 0.342 e. The van der Waals surface area contributed by atoms with Gasteiger partial charge in [-0.25, -0.2) is 0 Å². The Bertz CT molecular complexity index is 816. The predicted octanol–water partition coefficient (Wildman–Crippen LogP) is 0.625. The van der Waals surface area contributed by atoms with Gasteiger partial charge >= 0.3 is 0 Å². The SMILES string of the molecule is CC(=O)NC(C)(C)C(=O)NC(C)(C)C(=O)NC1C(=O)N(C)Cc2ccccc21. The Hall–Kier alpha value is -2.90. The van der Waals surface area contributed by atoms with Crippen LogP contribution in [0, 0.1) is 0 Å². The molecule has 0 aliphatic carbocycles. The number of likely N-dealkylation sites (N-methyl/N-ethyl adjacent to an activating group) is 1. The fourth-order valence-electron chi connectivity index (χ4n) is 3.09. The van der Waals surface area contributed by atoms with Crippen LogP contribution in [0.2, 0.25) is 0 Å². The molecule has 1 aliphatic rings. The lowest BCUT2D eigenvalue weighted by Crippen LogP contribution is -2.63. The third kappa shape index (κ3) is 4.49. The fraction of sp³-hybridized carbons (Fsp3) is 0.500. The average Bonchev–Trinajstić information content (AvgIpc) is 2.57. The molecule has 1 heterocycles. The Morgan fingerprint density at radius 1 is 1.00 bits per heavy atom. The molecule has 0 bridgehead atoms. The molecular weight excluding hydrogens is 360 g/mol. The van der Waals surface area contributed by atoms with E-state index >= 15 is 0 Å². The normalized spacial score (nSPS) is 16.9. The van der Waals surface area contributed by atoms with E-state index in [9.17, 15) is 19.2 Å². The third-order valence-corrected chi connectivity index (χ3v) is 4.72. The molecule has 1 unspecified atom stereocenters. The molecule has 28 heavy (non-hydrogen) atoms. The average molecular weight is 388 g/mol. The Morgan fingerprint density at radius 2 is 1.57 bits per heavy atom. The van der Waals surface area contributed by atoms with Crippen LogP contribution >= 0.6 is 0 Å². The van der Waals surface area contributed by atoms with E-state index in [1.54, 1.807) is 39.6 Å². The summed E-state index contributed by atoms with van der Waals surface area (Å²) in [5.74, 6) is -1.57. The van der Waals surface area contributed by atoms with Gasteiger partial charge in [0.05, 0.1) is 0 Å². The third-order valence-electron chi connectivity index (χ3n) is 4.72. The van der Waals surface area contributed by atoms with Gasteiger partial charge in [-0.15, -0.1) is 0 Å². The lowest BCUT2D eigenvalue weighted by molar-refractivity contribution is -0.140. The summed E-state index contributed by atoms with van der Waals surface area (Å²) in [6.07, 6.45) is 0. The highest BCUT2D eigenvalue weighted by Gasteiger charge is 2.39. The van der Waals surface area contributed by atoms with Crippen LogP contribution in [0.5, 0.6) is 0 Å². The van der Waals surface area contributed by atoms with E-state index in [1.807, 2.05) is 24.3 Å². The molecular formula is C20H28N4O4. The van der Waals surface area contributed by atoms with Gasteiger partial charge in [-0.2, -0.15) is 0 Å². The Balaban J connectivity index is 2.18. The van der Waals surface area contributed by atoms with Gasteiger partial charge in [0.2, 0.25) is 23.6 Å². The van der Waals surface area contributed by atoms with Crippen LogP contribution in [-0.4, -0.2) is 46.7 Å². The molecule has 8 nitrogen and oxygen atoms in total. The second-order valence-corrected chi connectivity index (χ2v) is 8.18. The molecule has 0 saturated carbocycles. The minimum atomic E-state index is -1.29. The molecule has 0 aromatic heterocycles. The van der Waals surface area contributed by atoms with Gasteiger partial charge in [0.15, 0.2) is 0 Å². The Kier molecular flexibility index (Phi) is 5.82. The molecule has 1 aromatic rings. The van der Waals surface area contributed by atoms with Crippen LogP contribution in [0.1, 0.15) is 51.8 Å². The fourth-order valence-corrected chi connectivity index (χ4v) is 3.09. The summed E-state index contributed by atoms with van der Waals surface area (Å²) >= 11 is 0. The summed E-state index contributed by atoms with van der Waals surface area (Å²) < 4.78 is 0. The highest BCUT2D eigenvalue weighted by atomic mass is 16.2. The van der Waals surface area contributed by atoms with Crippen molar-refractivity contribution in [2.45, 2.75) is 58.3 Å². The van der Waals surface area contributed by atoms with Crippen molar-refractivity contribution in [1.82, 2.24) is 20.9 Å². The zero-order valence-corrected chi connectivity index (χ0v) is 17.2. The highest BCUT2D eigenvalue weighted by Crippen LogP contribution is 2.27. The van der Waals surface area contributed by atoms with Gasteiger partial charge in [-0.1, -0.05) is 24.3 Å². The summed E-state index contributed by atoms with van der Waals surface area (Å²) in [5.41, 5.74) is -0.766. The summed E-state index contributed by atoms with van der Waals surface area (Å²) in [4.78, 5) is 50.9. The van der Waals surface area contributed by atoms with Crippen LogP contribution in [0.25, 0.3) is 0 Å². The van der Waals surface area contributed by atoms with E-state index in [4.69, 9.17) is 0 Å². The number of hydrogen-bond donors (Lipinski definition) is 3. The van der Waals surface area contributed by atoms with Gasteiger partial charge < -0.3 is 20.9 Å². The first-order valence-electron chi connectivity index (χ1n) is 9.10. The zero-order valence-electron chi connectivity index (χ0n) is 17.2. The summed E-state index contributed by atoms with van der Waals surface area (Å²) in [7, 11) is 1.68. The van der Waals surface area contributed by atoms with Crippen molar-refractivity contribution in [2.24, 2.45) is 0 Å². The number of nitrogens with one attached hydrogen (secondary N) is 3. The lowest BCUT2D eigenvalue weighted by Gasteiger charge is -2.35. The number of rotatable bonds is 5. The summed E-state index contributed by atoms with van der Waals surface area (Å²) in [6.45, 7) is 7.99. The first-order chi connectivity index (χ1) is 12.8. The van der Waals surface area contributed by atoms with Gasteiger partial charge in [0.1, 0.15) is 17.1 Å². The van der Waals surface area contributed by atoms with Gasteiger partial charge in [0, 0.05) is 20.5 Å². The molecule has 0 saturated heterocycles. The maximum absolute atomic E-state index is 12.9. The maximum Gasteiger partial charge on any atom is 0.249 e. The number of amides is 4.